The molecule has 1 saturated heterocycles. The van der Waals surface area contributed by atoms with Gasteiger partial charge in [-0.05, 0) is 36.0 Å². The zero-order valence-corrected chi connectivity index (χ0v) is 10.0. The van der Waals surface area contributed by atoms with Gasteiger partial charge in [0, 0.05) is 6.42 Å². The van der Waals surface area contributed by atoms with Crippen molar-refractivity contribution in [2.45, 2.75) is 58.2 Å². The zero-order chi connectivity index (χ0) is 10.9. The van der Waals surface area contributed by atoms with Crippen LogP contribution in [0.15, 0.2) is 0 Å². The summed E-state index contributed by atoms with van der Waals surface area (Å²) in [7, 11) is 0. The highest BCUT2D eigenvalue weighted by Crippen LogP contribution is 2.69. The van der Waals surface area contributed by atoms with E-state index in [0.29, 0.717) is 12.0 Å². The minimum Gasteiger partial charge on any atom is -0.389 e. The molecule has 2 aliphatic carbocycles. The molecule has 0 aromatic carbocycles. The molecule has 1 aliphatic heterocycles. The first-order valence-electron chi connectivity index (χ1n) is 6.23. The number of rotatable bonds is 2. The second-order valence-corrected chi connectivity index (χ2v) is 6.74. The van der Waals surface area contributed by atoms with E-state index in [-0.39, 0.29) is 10.8 Å². The van der Waals surface area contributed by atoms with E-state index in [1.165, 1.54) is 19.3 Å². The Bertz CT molecular complexity index is 288. The van der Waals surface area contributed by atoms with Gasteiger partial charge in [0.2, 0.25) is 0 Å². The molecule has 1 N–H and O–H groups in total. The fraction of sp³-hybridized carbons (Fsp3) is 1.00. The first-order chi connectivity index (χ1) is 6.89. The third kappa shape index (κ3) is 1.07. The zero-order valence-electron chi connectivity index (χ0n) is 10.0. The van der Waals surface area contributed by atoms with Gasteiger partial charge < -0.3 is 9.84 Å². The Labute approximate surface area is 92.0 Å². The molecule has 86 valence electrons. The van der Waals surface area contributed by atoms with E-state index in [4.69, 9.17) is 4.74 Å². The van der Waals surface area contributed by atoms with Crippen molar-refractivity contribution in [3.05, 3.63) is 0 Å². The van der Waals surface area contributed by atoms with Crippen molar-refractivity contribution in [2.75, 3.05) is 6.61 Å². The van der Waals surface area contributed by atoms with E-state index in [0.717, 1.165) is 13.0 Å². The number of epoxide rings is 1. The van der Waals surface area contributed by atoms with Gasteiger partial charge >= 0.3 is 0 Å². The fourth-order valence-electron chi connectivity index (χ4n) is 4.37. The molecule has 0 amide bonds. The molecule has 2 nitrogen and oxygen atoms in total. The fourth-order valence-corrected chi connectivity index (χ4v) is 4.37. The van der Waals surface area contributed by atoms with Gasteiger partial charge in [0.05, 0.1) is 18.3 Å². The van der Waals surface area contributed by atoms with Crippen LogP contribution in [0.5, 0.6) is 0 Å². The smallest absolute Gasteiger partial charge is 0.0837 e. The van der Waals surface area contributed by atoms with Crippen LogP contribution in [-0.2, 0) is 4.74 Å². The summed E-state index contributed by atoms with van der Waals surface area (Å²) in [5, 5.41) is 11.1. The Morgan fingerprint density at radius 1 is 1.33 bits per heavy atom. The highest BCUT2D eigenvalue weighted by atomic mass is 16.6. The monoisotopic (exact) mass is 210 g/mol. The summed E-state index contributed by atoms with van der Waals surface area (Å²) in [5.41, 5.74) is -0.275. The molecule has 0 spiro atoms. The maximum absolute atomic E-state index is 11.1. The van der Waals surface area contributed by atoms with Crippen LogP contribution in [-0.4, -0.2) is 23.4 Å². The molecule has 0 aromatic heterocycles. The highest BCUT2D eigenvalue weighted by molar-refractivity contribution is 5.18. The summed E-state index contributed by atoms with van der Waals surface area (Å²) in [4.78, 5) is 0. The predicted molar refractivity (Wildman–Crippen MR) is 58.5 cm³/mol. The Kier molecular flexibility index (Phi) is 1.75. The third-order valence-electron chi connectivity index (χ3n) is 5.75. The van der Waals surface area contributed by atoms with Crippen molar-refractivity contribution in [3.63, 3.8) is 0 Å². The molecule has 2 saturated carbocycles. The SMILES string of the molecule is CC1(C)[C@H]2CC[C@](C)(C2)[C@@]1(O)C[C@H]1CO1. The molecule has 4 atom stereocenters. The Balaban J connectivity index is 1.96. The molecule has 0 aromatic rings. The van der Waals surface area contributed by atoms with E-state index < -0.39 is 5.60 Å². The average molecular weight is 210 g/mol. The maximum atomic E-state index is 11.1. The summed E-state index contributed by atoms with van der Waals surface area (Å²) < 4.78 is 5.32. The van der Waals surface area contributed by atoms with Crippen molar-refractivity contribution in [1.29, 1.82) is 0 Å². The number of aliphatic hydroxyl groups is 1. The Hall–Kier alpha value is -0.0800. The lowest BCUT2D eigenvalue weighted by Crippen LogP contribution is -2.54. The topological polar surface area (TPSA) is 32.8 Å². The van der Waals surface area contributed by atoms with Gasteiger partial charge in [0.15, 0.2) is 0 Å². The van der Waals surface area contributed by atoms with Crippen LogP contribution in [0.4, 0.5) is 0 Å². The molecular formula is C13H22O2. The van der Waals surface area contributed by atoms with Crippen LogP contribution < -0.4 is 0 Å². The number of hydrogen-bond acceptors (Lipinski definition) is 2. The number of hydrogen-bond donors (Lipinski definition) is 1. The molecular weight excluding hydrogens is 188 g/mol. The molecule has 3 aliphatic rings. The van der Waals surface area contributed by atoms with Gasteiger partial charge in [0.25, 0.3) is 0 Å². The molecule has 2 bridgehead atoms. The second-order valence-electron chi connectivity index (χ2n) is 6.74. The van der Waals surface area contributed by atoms with Crippen LogP contribution in [0.1, 0.15) is 46.5 Å². The Morgan fingerprint density at radius 3 is 2.47 bits per heavy atom. The number of fused-ring (bicyclic) bond motifs is 2. The minimum absolute atomic E-state index is 0.0753. The van der Waals surface area contributed by atoms with Crippen molar-refractivity contribution >= 4 is 0 Å². The summed E-state index contributed by atoms with van der Waals surface area (Å²) in [6, 6.07) is 0. The van der Waals surface area contributed by atoms with Crippen LogP contribution in [0.3, 0.4) is 0 Å². The third-order valence-corrected chi connectivity index (χ3v) is 5.75. The van der Waals surface area contributed by atoms with Crippen molar-refractivity contribution in [1.82, 2.24) is 0 Å². The van der Waals surface area contributed by atoms with E-state index in [9.17, 15) is 5.11 Å². The van der Waals surface area contributed by atoms with Gasteiger partial charge in [-0.2, -0.15) is 0 Å². The van der Waals surface area contributed by atoms with E-state index in [1.807, 2.05) is 0 Å². The first-order valence-corrected chi connectivity index (χ1v) is 6.23. The van der Waals surface area contributed by atoms with Gasteiger partial charge in [-0.15, -0.1) is 0 Å². The predicted octanol–water partition coefficient (Wildman–Crippen LogP) is 2.35. The van der Waals surface area contributed by atoms with Crippen LogP contribution in [0.25, 0.3) is 0 Å². The van der Waals surface area contributed by atoms with Crippen molar-refractivity contribution in [3.8, 4) is 0 Å². The van der Waals surface area contributed by atoms with Crippen LogP contribution in [0, 0.1) is 16.7 Å². The minimum atomic E-state index is -0.496. The van der Waals surface area contributed by atoms with Gasteiger partial charge in [-0.25, -0.2) is 0 Å². The van der Waals surface area contributed by atoms with Gasteiger partial charge in [-0.3, -0.25) is 0 Å². The van der Waals surface area contributed by atoms with Crippen LogP contribution in [0.2, 0.25) is 0 Å². The molecule has 0 radical (unpaired) electrons. The van der Waals surface area contributed by atoms with E-state index in [1.54, 1.807) is 0 Å². The molecule has 3 rings (SSSR count). The normalized spacial score (nSPS) is 56.0. The molecule has 2 heteroatoms. The number of ether oxygens (including phenoxy) is 1. The highest BCUT2D eigenvalue weighted by Gasteiger charge is 2.68. The summed E-state index contributed by atoms with van der Waals surface area (Å²) in [6.45, 7) is 7.65. The quantitative estimate of drug-likeness (QED) is 0.710. The van der Waals surface area contributed by atoms with E-state index >= 15 is 0 Å². The second kappa shape index (κ2) is 2.60. The average Bonchev–Trinajstić information content (AvgIpc) is 2.82. The lowest BCUT2D eigenvalue weighted by Gasteiger charge is -2.50. The summed E-state index contributed by atoms with van der Waals surface area (Å²) in [5.74, 6) is 0.714. The maximum Gasteiger partial charge on any atom is 0.0837 e. The van der Waals surface area contributed by atoms with Gasteiger partial charge in [0.1, 0.15) is 0 Å². The largest absolute Gasteiger partial charge is 0.389 e. The van der Waals surface area contributed by atoms with Crippen molar-refractivity contribution in [2.24, 2.45) is 16.7 Å². The summed E-state index contributed by atoms with van der Waals surface area (Å²) >= 11 is 0. The van der Waals surface area contributed by atoms with Gasteiger partial charge in [-0.1, -0.05) is 20.8 Å². The standard InChI is InChI=1S/C13H22O2/c1-11(2)9-4-5-12(3,6-9)13(11,14)7-10-8-15-10/h9-10,14H,4-8H2,1-3H3/t9-,10-,12+,13+/m0/s1. The molecule has 0 unspecified atom stereocenters. The molecule has 3 fully saturated rings. The lowest BCUT2D eigenvalue weighted by atomic mass is 9.59. The molecule has 1 heterocycles. The van der Waals surface area contributed by atoms with Crippen molar-refractivity contribution < 1.29 is 9.84 Å². The van der Waals surface area contributed by atoms with E-state index in [2.05, 4.69) is 20.8 Å². The lowest BCUT2D eigenvalue weighted by molar-refractivity contribution is -0.150. The summed E-state index contributed by atoms with van der Waals surface area (Å²) in [6.07, 6.45) is 4.91. The Morgan fingerprint density at radius 2 is 2.00 bits per heavy atom. The molecule has 15 heavy (non-hydrogen) atoms. The first kappa shape index (κ1) is 10.1. The van der Waals surface area contributed by atoms with Crippen LogP contribution >= 0.6 is 0 Å².